The monoisotopic (exact) mass is 365 g/mol. The van der Waals surface area contributed by atoms with Gasteiger partial charge in [0.15, 0.2) is 11.5 Å². The van der Waals surface area contributed by atoms with Crippen LogP contribution in [-0.2, 0) is 6.54 Å². The van der Waals surface area contributed by atoms with Crippen LogP contribution in [0.3, 0.4) is 0 Å². The Bertz CT molecular complexity index is 917. The summed E-state index contributed by atoms with van der Waals surface area (Å²) in [5.41, 5.74) is 4.22. The third-order valence-corrected chi connectivity index (χ3v) is 4.21. The summed E-state index contributed by atoms with van der Waals surface area (Å²) < 4.78 is 10.9. The van der Waals surface area contributed by atoms with Gasteiger partial charge in [0.05, 0.1) is 31.2 Å². The summed E-state index contributed by atoms with van der Waals surface area (Å²) in [5, 5.41) is 9.88. The molecule has 2 N–H and O–H groups in total. The lowest BCUT2D eigenvalue weighted by molar-refractivity contribution is 0.0951. The summed E-state index contributed by atoms with van der Waals surface area (Å²) in [6.07, 6.45) is 1.55. The molecule has 1 amide bonds. The van der Waals surface area contributed by atoms with Crippen LogP contribution < -0.4 is 14.8 Å². The van der Waals surface area contributed by atoms with Gasteiger partial charge in [-0.05, 0) is 31.5 Å². The largest absolute Gasteiger partial charge is 0.493 e. The maximum atomic E-state index is 12.6. The predicted octanol–water partition coefficient (Wildman–Crippen LogP) is 3.72. The fraction of sp³-hybridized carbons (Fsp3) is 0.238. The molecule has 140 valence electrons. The van der Waals surface area contributed by atoms with Crippen molar-refractivity contribution in [1.29, 1.82) is 0 Å². The maximum Gasteiger partial charge on any atom is 0.255 e. The van der Waals surface area contributed by atoms with E-state index in [4.69, 9.17) is 9.47 Å². The van der Waals surface area contributed by atoms with Gasteiger partial charge in [-0.15, -0.1) is 0 Å². The van der Waals surface area contributed by atoms with Gasteiger partial charge in [-0.2, -0.15) is 5.10 Å². The number of rotatable bonds is 7. The molecular formula is C21H23N3O3. The number of hydrogen-bond donors (Lipinski definition) is 2. The van der Waals surface area contributed by atoms with E-state index in [1.807, 2.05) is 56.3 Å². The van der Waals surface area contributed by atoms with Crippen molar-refractivity contribution in [3.8, 4) is 22.8 Å². The molecule has 3 aromatic rings. The fourth-order valence-corrected chi connectivity index (χ4v) is 2.78. The Balaban J connectivity index is 1.73. The maximum absolute atomic E-state index is 12.6. The zero-order valence-electron chi connectivity index (χ0n) is 15.7. The summed E-state index contributed by atoms with van der Waals surface area (Å²) in [5.74, 6) is 1.15. The molecule has 0 fully saturated rings. The van der Waals surface area contributed by atoms with E-state index in [0.717, 1.165) is 16.7 Å². The number of carbonyl (C=O) groups excluding carboxylic acids is 1. The third-order valence-electron chi connectivity index (χ3n) is 4.21. The predicted molar refractivity (Wildman–Crippen MR) is 104 cm³/mol. The summed E-state index contributed by atoms with van der Waals surface area (Å²) >= 11 is 0. The molecule has 0 saturated carbocycles. The minimum Gasteiger partial charge on any atom is -0.493 e. The van der Waals surface area contributed by atoms with Gasteiger partial charge in [0, 0.05) is 12.1 Å². The highest BCUT2D eigenvalue weighted by molar-refractivity contribution is 5.99. The number of hydrogen-bond acceptors (Lipinski definition) is 4. The number of aromatic nitrogens is 2. The standard InChI is InChI=1S/C21H23N3O3/c1-4-27-19-11-15(7-10-18(19)26-3)12-22-21(25)17-13-23-24-20(17)16-8-5-14(2)6-9-16/h5-11,13H,4,12H2,1-3H3,(H,22,25)(H,23,24). The van der Waals surface area contributed by atoms with Crippen molar-refractivity contribution in [2.45, 2.75) is 20.4 Å². The molecule has 1 heterocycles. The number of aryl methyl sites for hydroxylation is 1. The Kier molecular flexibility index (Phi) is 5.76. The molecular weight excluding hydrogens is 342 g/mol. The minimum atomic E-state index is -0.187. The highest BCUT2D eigenvalue weighted by Gasteiger charge is 2.15. The first-order valence-corrected chi connectivity index (χ1v) is 8.80. The van der Waals surface area contributed by atoms with Crippen LogP contribution in [-0.4, -0.2) is 29.8 Å². The Morgan fingerprint density at radius 3 is 2.63 bits per heavy atom. The van der Waals surface area contributed by atoms with Crippen LogP contribution in [0.1, 0.15) is 28.4 Å². The van der Waals surface area contributed by atoms with Crippen molar-refractivity contribution in [2.24, 2.45) is 0 Å². The van der Waals surface area contributed by atoms with E-state index >= 15 is 0 Å². The topological polar surface area (TPSA) is 76.2 Å². The highest BCUT2D eigenvalue weighted by atomic mass is 16.5. The van der Waals surface area contributed by atoms with Gasteiger partial charge in [-0.1, -0.05) is 35.9 Å². The number of nitrogens with one attached hydrogen (secondary N) is 2. The van der Waals surface area contributed by atoms with Crippen molar-refractivity contribution in [3.63, 3.8) is 0 Å². The van der Waals surface area contributed by atoms with Crippen molar-refractivity contribution < 1.29 is 14.3 Å². The molecule has 0 aliphatic rings. The summed E-state index contributed by atoms with van der Waals surface area (Å²) in [6.45, 7) is 4.86. The van der Waals surface area contributed by atoms with Gasteiger partial charge in [-0.3, -0.25) is 9.89 Å². The molecule has 0 aliphatic carbocycles. The zero-order chi connectivity index (χ0) is 19.2. The molecule has 6 nitrogen and oxygen atoms in total. The van der Waals surface area contributed by atoms with Crippen molar-refractivity contribution >= 4 is 5.91 Å². The van der Waals surface area contributed by atoms with E-state index in [-0.39, 0.29) is 5.91 Å². The van der Waals surface area contributed by atoms with Gasteiger partial charge in [0.2, 0.25) is 0 Å². The fourth-order valence-electron chi connectivity index (χ4n) is 2.78. The number of carbonyl (C=O) groups is 1. The first-order valence-electron chi connectivity index (χ1n) is 8.80. The van der Waals surface area contributed by atoms with Gasteiger partial charge in [-0.25, -0.2) is 0 Å². The van der Waals surface area contributed by atoms with Crippen LogP contribution in [0.25, 0.3) is 11.3 Å². The Labute approximate surface area is 158 Å². The molecule has 0 unspecified atom stereocenters. The average Bonchev–Trinajstić information content (AvgIpc) is 3.17. The quantitative estimate of drug-likeness (QED) is 0.669. The molecule has 0 atom stereocenters. The second kappa shape index (κ2) is 8.40. The second-order valence-electron chi connectivity index (χ2n) is 6.13. The van der Waals surface area contributed by atoms with Crippen LogP contribution >= 0.6 is 0 Å². The number of nitrogens with zero attached hydrogens (tertiary/aromatic N) is 1. The summed E-state index contributed by atoms with van der Waals surface area (Å²) in [4.78, 5) is 12.6. The number of amides is 1. The molecule has 0 aliphatic heterocycles. The van der Waals surface area contributed by atoms with Crippen molar-refractivity contribution in [1.82, 2.24) is 15.5 Å². The number of methoxy groups -OCH3 is 1. The minimum absolute atomic E-state index is 0.187. The van der Waals surface area contributed by atoms with E-state index < -0.39 is 0 Å². The first kappa shape index (κ1) is 18.5. The average molecular weight is 365 g/mol. The lowest BCUT2D eigenvalue weighted by Crippen LogP contribution is -2.23. The van der Waals surface area contributed by atoms with Crippen LogP contribution in [0.4, 0.5) is 0 Å². The summed E-state index contributed by atoms with van der Waals surface area (Å²) in [7, 11) is 1.60. The van der Waals surface area contributed by atoms with Crippen molar-refractivity contribution in [3.05, 3.63) is 65.4 Å². The second-order valence-corrected chi connectivity index (χ2v) is 6.13. The van der Waals surface area contributed by atoms with Gasteiger partial charge >= 0.3 is 0 Å². The van der Waals surface area contributed by atoms with E-state index in [1.165, 1.54) is 0 Å². The number of aromatic amines is 1. The molecule has 0 bridgehead atoms. The lowest BCUT2D eigenvalue weighted by atomic mass is 10.1. The van der Waals surface area contributed by atoms with Crippen LogP contribution in [0, 0.1) is 6.92 Å². The van der Waals surface area contributed by atoms with E-state index in [2.05, 4.69) is 15.5 Å². The molecule has 0 saturated heterocycles. The Morgan fingerprint density at radius 1 is 1.15 bits per heavy atom. The number of benzene rings is 2. The molecule has 27 heavy (non-hydrogen) atoms. The molecule has 3 rings (SSSR count). The van der Waals surface area contributed by atoms with Gasteiger partial charge in [0.25, 0.3) is 5.91 Å². The lowest BCUT2D eigenvalue weighted by Gasteiger charge is -2.12. The Morgan fingerprint density at radius 2 is 1.93 bits per heavy atom. The highest BCUT2D eigenvalue weighted by Crippen LogP contribution is 2.28. The normalized spacial score (nSPS) is 10.5. The number of H-pyrrole nitrogens is 1. The summed E-state index contributed by atoms with van der Waals surface area (Å²) in [6, 6.07) is 13.6. The van der Waals surface area contributed by atoms with Gasteiger partial charge in [0.1, 0.15) is 0 Å². The molecule has 1 aromatic heterocycles. The molecule has 6 heteroatoms. The van der Waals surface area contributed by atoms with Crippen LogP contribution in [0.5, 0.6) is 11.5 Å². The Hall–Kier alpha value is -3.28. The van der Waals surface area contributed by atoms with E-state index in [0.29, 0.717) is 35.9 Å². The smallest absolute Gasteiger partial charge is 0.255 e. The molecule has 0 radical (unpaired) electrons. The van der Waals surface area contributed by atoms with Crippen molar-refractivity contribution in [2.75, 3.05) is 13.7 Å². The third kappa shape index (κ3) is 4.28. The number of ether oxygens (including phenoxy) is 2. The van der Waals surface area contributed by atoms with E-state index in [9.17, 15) is 4.79 Å². The van der Waals surface area contributed by atoms with Crippen LogP contribution in [0.2, 0.25) is 0 Å². The first-order chi connectivity index (χ1) is 13.1. The zero-order valence-corrected chi connectivity index (χ0v) is 15.7. The van der Waals surface area contributed by atoms with Gasteiger partial charge < -0.3 is 14.8 Å². The SMILES string of the molecule is CCOc1cc(CNC(=O)c2cn[nH]c2-c2ccc(C)cc2)ccc1OC. The molecule has 0 spiro atoms. The van der Waals surface area contributed by atoms with Crippen LogP contribution in [0.15, 0.2) is 48.7 Å². The molecule has 2 aromatic carbocycles. The van der Waals surface area contributed by atoms with E-state index in [1.54, 1.807) is 13.3 Å².